The summed E-state index contributed by atoms with van der Waals surface area (Å²) in [4.78, 5) is 22.2. The Labute approximate surface area is 123 Å². The van der Waals surface area contributed by atoms with Gasteiger partial charge in [0.05, 0.1) is 11.4 Å². The quantitative estimate of drug-likeness (QED) is 0.699. The number of benzene rings is 1. The lowest BCUT2D eigenvalue weighted by Gasteiger charge is -2.15. The number of primary amides is 1. The molecular formula is C12H18N4O4S. The van der Waals surface area contributed by atoms with Gasteiger partial charge in [0, 0.05) is 19.8 Å². The molecule has 0 unspecified atom stereocenters. The van der Waals surface area contributed by atoms with Crippen LogP contribution < -0.4 is 16.4 Å². The van der Waals surface area contributed by atoms with Gasteiger partial charge in [-0.15, -0.1) is 0 Å². The molecular weight excluding hydrogens is 296 g/mol. The molecule has 9 heteroatoms. The summed E-state index contributed by atoms with van der Waals surface area (Å²) in [5.74, 6) is -0.508. The number of nitrogens with one attached hydrogen (secondary N) is 2. The van der Waals surface area contributed by atoms with Crippen LogP contribution in [0.4, 0.5) is 10.5 Å². The fourth-order valence-electron chi connectivity index (χ4n) is 1.53. The van der Waals surface area contributed by atoms with Gasteiger partial charge in [0.25, 0.3) is 0 Å². The van der Waals surface area contributed by atoms with Gasteiger partial charge in [-0.05, 0) is 24.6 Å². The largest absolute Gasteiger partial charge is 0.352 e. The van der Waals surface area contributed by atoms with Gasteiger partial charge in [0.2, 0.25) is 15.9 Å². The molecule has 0 aliphatic rings. The maximum absolute atomic E-state index is 12.1. The maximum Gasteiger partial charge on any atom is 0.312 e. The molecule has 0 spiro atoms. The van der Waals surface area contributed by atoms with Crippen LogP contribution in [-0.4, -0.2) is 45.3 Å². The summed E-state index contributed by atoms with van der Waals surface area (Å²) in [7, 11) is -0.745. The second kappa shape index (κ2) is 6.55. The Hall–Kier alpha value is -2.13. The fourth-order valence-corrected chi connectivity index (χ4v) is 2.67. The molecule has 0 aliphatic heterocycles. The van der Waals surface area contributed by atoms with Crippen molar-refractivity contribution in [2.24, 2.45) is 5.73 Å². The topological polar surface area (TPSA) is 122 Å². The SMILES string of the molecule is Cc1ccc(NC(=O)CNC(N)=O)cc1S(=O)(=O)N(C)C. The zero-order chi connectivity index (χ0) is 16.2. The average Bonchev–Trinajstić information content (AvgIpc) is 2.38. The van der Waals surface area contributed by atoms with Crippen molar-refractivity contribution < 1.29 is 18.0 Å². The van der Waals surface area contributed by atoms with Crippen LogP contribution in [0, 0.1) is 6.92 Å². The molecule has 8 nitrogen and oxygen atoms in total. The standard InChI is InChI=1S/C12H18N4O4S/c1-8-4-5-9(15-11(17)7-14-12(13)18)6-10(8)21(19,20)16(2)3/h4-6H,7H2,1-3H3,(H,15,17)(H3,13,14,18). The number of carbonyl (C=O) groups excluding carboxylic acids is 2. The van der Waals surface area contributed by atoms with E-state index in [1.807, 2.05) is 0 Å². The van der Waals surface area contributed by atoms with E-state index in [2.05, 4.69) is 10.6 Å². The van der Waals surface area contributed by atoms with Gasteiger partial charge in [0.15, 0.2) is 0 Å². The monoisotopic (exact) mass is 314 g/mol. The van der Waals surface area contributed by atoms with Crippen LogP contribution in [-0.2, 0) is 14.8 Å². The van der Waals surface area contributed by atoms with E-state index in [1.54, 1.807) is 19.1 Å². The minimum absolute atomic E-state index is 0.105. The average molecular weight is 314 g/mol. The molecule has 116 valence electrons. The predicted molar refractivity (Wildman–Crippen MR) is 78.3 cm³/mol. The summed E-state index contributed by atoms with van der Waals surface area (Å²) in [5.41, 5.74) is 5.74. The molecule has 1 rings (SSSR count). The van der Waals surface area contributed by atoms with E-state index in [1.165, 1.54) is 20.2 Å². The number of nitrogens with zero attached hydrogens (tertiary/aromatic N) is 1. The number of anilines is 1. The lowest BCUT2D eigenvalue weighted by Crippen LogP contribution is -2.36. The van der Waals surface area contributed by atoms with E-state index in [-0.39, 0.29) is 11.4 Å². The van der Waals surface area contributed by atoms with E-state index in [4.69, 9.17) is 5.73 Å². The van der Waals surface area contributed by atoms with Crippen LogP contribution in [0.3, 0.4) is 0 Å². The molecule has 3 amide bonds. The number of hydrogen-bond acceptors (Lipinski definition) is 4. The van der Waals surface area contributed by atoms with Crippen molar-refractivity contribution in [3.63, 3.8) is 0 Å². The Morgan fingerprint density at radius 2 is 1.90 bits per heavy atom. The summed E-state index contributed by atoms with van der Waals surface area (Å²) in [5, 5.41) is 4.62. The lowest BCUT2D eigenvalue weighted by atomic mass is 10.2. The molecule has 0 saturated heterocycles. The molecule has 0 atom stereocenters. The predicted octanol–water partition coefficient (Wildman–Crippen LogP) is -0.148. The number of rotatable bonds is 5. The molecule has 0 radical (unpaired) electrons. The zero-order valence-corrected chi connectivity index (χ0v) is 12.8. The Balaban J connectivity index is 2.98. The first-order chi connectivity index (χ1) is 9.64. The van der Waals surface area contributed by atoms with E-state index in [9.17, 15) is 18.0 Å². The van der Waals surface area contributed by atoms with Gasteiger partial charge in [-0.3, -0.25) is 4.79 Å². The number of urea groups is 1. The van der Waals surface area contributed by atoms with Gasteiger partial charge in [0.1, 0.15) is 0 Å². The third kappa shape index (κ3) is 4.43. The normalized spacial score (nSPS) is 11.2. The summed E-state index contributed by atoms with van der Waals surface area (Å²) in [6.45, 7) is 1.37. The number of carbonyl (C=O) groups is 2. The van der Waals surface area contributed by atoms with Crippen molar-refractivity contribution in [3.05, 3.63) is 23.8 Å². The fraction of sp³-hybridized carbons (Fsp3) is 0.333. The first-order valence-corrected chi connectivity index (χ1v) is 7.45. The first kappa shape index (κ1) is 16.9. The van der Waals surface area contributed by atoms with Gasteiger partial charge in [-0.25, -0.2) is 17.5 Å². The van der Waals surface area contributed by atoms with E-state index >= 15 is 0 Å². The number of nitrogens with two attached hydrogens (primary N) is 1. The zero-order valence-electron chi connectivity index (χ0n) is 12.0. The second-order valence-electron chi connectivity index (χ2n) is 4.53. The molecule has 0 heterocycles. The minimum Gasteiger partial charge on any atom is -0.352 e. The molecule has 0 saturated carbocycles. The summed E-state index contributed by atoms with van der Waals surface area (Å²) in [6, 6.07) is 3.72. The number of sulfonamides is 1. The van der Waals surface area contributed by atoms with E-state index < -0.39 is 22.0 Å². The highest BCUT2D eigenvalue weighted by molar-refractivity contribution is 7.89. The highest BCUT2D eigenvalue weighted by Crippen LogP contribution is 2.22. The molecule has 1 aromatic rings. The van der Waals surface area contributed by atoms with Crippen molar-refractivity contribution in [2.75, 3.05) is 26.0 Å². The third-order valence-electron chi connectivity index (χ3n) is 2.65. The summed E-state index contributed by atoms with van der Waals surface area (Å²) < 4.78 is 25.4. The number of amides is 3. The molecule has 4 N–H and O–H groups in total. The Morgan fingerprint density at radius 1 is 1.29 bits per heavy atom. The summed E-state index contributed by atoms with van der Waals surface area (Å²) in [6.07, 6.45) is 0. The van der Waals surface area contributed by atoms with Crippen molar-refractivity contribution in [2.45, 2.75) is 11.8 Å². The van der Waals surface area contributed by atoms with Crippen molar-refractivity contribution in [1.82, 2.24) is 9.62 Å². The van der Waals surface area contributed by atoms with Crippen LogP contribution in [0.1, 0.15) is 5.56 Å². The molecule has 0 aliphatic carbocycles. The van der Waals surface area contributed by atoms with Crippen LogP contribution in [0.15, 0.2) is 23.1 Å². The maximum atomic E-state index is 12.1. The molecule has 1 aromatic carbocycles. The highest BCUT2D eigenvalue weighted by Gasteiger charge is 2.20. The lowest BCUT2D eigenvalue weighted by molar-refractivity contribution is -0.115. The summed E-state index contributed by atoms with van der Waals surface area (Å²) >= 11 is 0. The number of hydrogen-bond donors (Lipinski definition) is 3. The van der Waals surface area contributed by atoms with Crippen LogP contribution in [0.2, 0.25) is 0 Å². The van der Waals surface area contributed by atoms with Gasteiger partial charge >= 0.3 is 6.03 Å². The van der Waals surface area contributed by atoms with Crippen LogP contribution in [0.25, 0.3) is 0 Å². The second-order valence-corrected chi connectivity index (χ2v) is 6.65. The molecule has 0 aromatic heterocycles. The van der Waals surface area contributed by atoms with Crippen molar-refractivity contribution >= 4 is 27.6 Å². The van der Waals surface area contributed by atoms with Crippen molar-refractivity contribution in [1.29, 1.82) is 0 Å². The van der Waals surface area contributed by atoms with E-state index in [0.717, 1.165) is 4.31 Å². The van der Waals surface area contributed by atoms with Crippen molar-refractivity contribution in [3.8, 4) is 0 Å². The Morgan fingerprint density at radius 3 is 2.43 bits per heavy atom. The molecule has 21 heavy (non-hydrogen) atoms. The third-order valence-corrected chi connectivity index (χ3v) is 4.61. The molecule has 0 fully saturated rings. The molecule has 0 bridgehead atoms. The number of aryl methyl sites for hydroxylation is 1. The Kier molecular flexibility index (Phi) is 5.28. The minimum atomic E-state index is -3.60. The van der Waals surface area contributed by atoms with Crippen LogP contribution in [0.5, 0.6) is 0 Å². The highest BCUT2D eigenvalue weighted by atomic mass is 32.2. The van der Waals surface area contributed by atoms with E-state index in [0.29, 0.717) is 11.3 Å². The van der Waals surface area contributed by atoms with Gasteiger partial charge in [-0.1, -0.05) is 6.07 Å². The van der Waals surface area contributed by atoms with Gasteiger partial charge in [-0.2, -0.15) is 0 Å². The first-order valence-electron chi connectivity index (χ1n) is 6.01. The Bertz CT molecular complexity index is 655. The van der Waals surface area contributed by atoms with Crippen LogP contribution >= 0.6 is 0 Å². The van der Waals surface area contributed by atoms with Gasteiger partial charge < -0.3 is 16.4 Å². The smallest absolute Gasteiger partial charge is 0.312 e.